The van der Waals surface area contributed by atoms with Crippen LogP contribution in [0.5, 0.6) is 0 Å². The topological polar surface area (TPSA) is 0 Å². The summed E-state index contributed by atoms with van der Waals surface area (Å²) in [4.78, 5) is 0. The van der Waals surface area contributed by atoms with E-state index in [1.165, 1.54) is 6.07 Å². The highest BCUT2D eigenvalue weighted by atomic mass is 35.5. The molecule has 0 nitrogen and oxygen atoms in total. The lowest BCUT2D eigenvalue weighted by Gasteiger charge is -2.22. The zero-order valence-electron chi connectivity index (χ0n) is 8.09. The molecule has 0 aromatic heterocycles. The average molecular weight is 256 g/mol. The first-order valence-corrected chi connectivity index (χ1v) is 5.22. The Balaban J connectivity index is 3.56. The van der Waals surface area contributed by atoms with Crippen molar-refractivity contribution in [3.63, 3.8) is 0 Å². The Morgan fingerprint density at radius 3 is 2.00 bits per heavy atom. The molecule has 78 valence electrons. The molecule has 0 aliphatic rings. The van der Waals surface area contributed by atoms with Crippen molar-refractivity contribution in [1.29, 1.82) is 0 Å². The van der Waals surface area contributed by atoms with E-state index in [2.05, 4.69) is 0 Å². The van der Waals surface area contributed by atoms with Gasteiger partial charge in [0, 0.05) is 5.56 Å². The summed E-state index contributed by atoms with van der Waals surface area (Å²) in [6.07, 6.45) is 0. The van der Waals surface area contributed by atoms with Gasteiger partial charge in [-0.25, -0.2) is 4.39 Å². The van der Waals surface area contributed by atoms with E-state index in [0.717, 1.165) is 0 Å². The van der Waals surface area contributed by atoms with E-state index >= 15 is 0 Å². The maximum Gasteiger partial charge on any atom is 0.147 e. The van der Waals surface area contributed by atoms with Gasteiger partial charge in [-0.15, -0.1) is 0 Å². The molecule has 0 unspecified atom stereocenters. The Morgan fingerprint density at radius 2 is 1.57 bits per heavy atom. The van der Waals surface area contributed by atoms with E-state index in [1.807, 2.05) is 20.8 Å². The maximum absolute atomic E-state index is 13.7. The largest absolute Gasteiger partial charge is 0.205 e. The number of hydrogen-bond acceptors (Lipinski definition) is 0. The minimum Gasteiger partial charge on any atom is -0.205 e. The summed E-state index contributed by atoms with van der Waals surface area (Å²) in [5.74, 6) is -0.492. The van der Waals surface area contributed by atoms with Gasteiger partial charge >= 0.3 is 0 Å². The molecule has 0 atom stereocenters. The normalized spacial score (nSPS) is 11.9. The Hall–Kier alpha value is 0.0200. The van der Waals surface area contributed by atoms with Crippen LogP contribution in [0.25, 0.3) is 0 Å². The molecule has 0 saturated heterocycles. The van der Waals surface area contributed by atoms with Crippen LogP contribution in [0.4, 0.5) is 4.39 Å². The first kappa shape index (κ1) is 12.1. The van der Waals surface area contributed by atoms with Crippen molar-refractivity contribution in [3.05, 3.63) is 32.5 Å². The van der Waals surface area contributed by atoms with Gasteiger partial charge in [-0.1, -0.05) is 55.6 Å². The molecule has 0 aliphatic heterocycles. The quantitative estimate of drug-likeness (QED) is 0.567. The lowest BCUT2D eigenvalue weighted by Crippen LogP contribution is -2.15. The third kappa shape index (κ3) is 2.16. The monoisotopic (exact) mass is 254 g/mol. The fourth-order valence-electron chi connectivity index (χ4n) is 1.23. The second-order valence-electron chi connectivity index (χ2n) is 4.09. The van der Waals surface area contributed by atoms with E-state index in [0.29, 0.717) is 5.56 Å². The molecule has 0 heterocycles. The SMILES string of the molecule is CC(C)(C)c1c(F)c(Cl)cc(Cl)c1Cl. The molecule has 0 radical (unpaired) electrons. The Morgan fingerprint density at radius 1 is 1.07 bits per heavy atom. The van der Waals surface area contributed by atoms with Gasteiger partial charge in [-0.2, -0.15) is 0 Å². The predicted octanol–water partition coefficient (Wildman–Crippen LogP) is 5.08. The zero-order chi connectivity index (χ0) is 11.1. The van der Waals surface area contributed by atoms with Crippen molar-refractivity contribution in [2.75, 3.05) is 0 Å². The van der Waals surface area contributed by atoms with E-state index in [4.69, 9.17) is 34.8 Å². The molecule has 1 aromatic carbocycles. The van der Waals surface area contributed by atoms with Gasteiger partial charge in [0.2, 0.25) is 0 Å². The Kier molecular flexibility index (Phi) is 3.35. The molecule has 0 aliphatic carbocycles. The second-order valence-corrected chi connectivity index (χ2v) is 5.29. The molecule has 0 saturated carbocycles. The van der Waals surface area contributed by atoms with Gasteiger partial charge in [0.15, 0.2) is 0 Å². The third-order valence-corrected chi connectivity index (χ3v) is 2.92. The lowest BCUT2D eigenvalue weighted by atomic mass is 9.86. The van der Waals surface area contributed by atoms with Crippen molar-refractivity contribution in [2.45, 2.75) is 26.2 Å². The summed E-state index contributed by atoms with van der Waals surface area (Å²) in [5, 5.41) is 0.522. The Bertz CT molecular complexity index is 340. The highest BCUT2D eigenvalue weighted by molar-refractivity contribution is 6.43. The van der Waals surface area contributed by atoms with Crippen molar-refractivity contribution in [3.8, 4) is 0 Å². The highest BCUT2D eigenvalue weighted by Crippen LogP contribution is 2.39. The molecule has 1 rings (SSSR count). The van der Waals surface area contributed by atoms with Gasteiger partial charge in [-0.3, -0.25) is 0 Å². The van der Waals surface area contributed by atoms with Crippen LogP contribution in [0, 0.1) is 5.82 Å². The summed E-state index contributed by atoms with van der Waals surface area (Å²) in [5.41, 5.74) is -0.0629. The van der Waals surface area contributed by atoms with Crippen molar-refractivity contribution in [2.24, 2.45) is 0 Å². The second kappa shape index (κ2) is 3.88. The molecule has 14 heavy (non-hydrogen) atoms. The van der Waals surface area contributed by atoms with Crippen LogP contribution in [-0.4, -0.2) is 0 Å². The number of rotatable bonds is 0. The number of hydrogen-bond donors (Lipinski definition) is 0. The minimum absolute atomic E-state index is 0.00400. The first-order chi connectivity index (χ1) is 6.25. The summed E-state index contributed by atoms with van der Waals surface area (Å²) in [7, 11) is 0. The molecule has 4 heteroatoms. The van der Waals surface area contributed by atoms with Gasteiger partial charge in [-0.05, 0) is 11.5 Å². The third-order valence-electron chi connectivity index (χ3n) is 1.86. The van der Waals surface area contributed by atoms with Gasteiger partial charge in [0.1, 0.15) is 5.82 Å². The maximum atomic E-state index is 13.7. The van der Waals surface area contributed by atoms with E-state index in [9.17, 15) is 4.39 Å². The van der Waals surface area contributed by atoms with Crippen LogP contribution in [-0.2, 0) is 5.41 Å². The summed E-state index contributed by atoms with van der Waals surface area (Å²) in [6.45, 7) is 5.55. The molecule has 0 bridgehead atoms. The van der Waals surface area contributed by atoms with Crippen molar-refractivity contribution in [1.82, 2.24) is 0 Å². The van der Waals surface area contributed by atoms with Gasteiger partial charge in [0.25, 0.3) is 0 Å². The fraction of sp³-hybridized carbons (Fsp3) is 0.400. The lowest BCUT2D eigenvalue weighted by molar-refractivity contribution is 0.523. The highest BCUT2D eigenvalue weighted by Gasteiger charge is 2.25. The minimum atomic E-state index is -0.492. The van der Waals surface area contributed by atoms with Crippen LogP contribution in [0.15, 0.2) is 6.07 Å². The van der Waals surface area contributed by atoms with Gasteiger partial charge in [0.05, 0.1) is 15.1 Å². The average Bonchev–Trinajstić information content (AvgIpc) is 1.98. The molecular weight excluding hydrogens is 245 g/mol. The van der Waals surface area contributed by atoms with Crippen LogP contribution in [0.3, 0.4) is 0 Å². The Labute approximate surface area is 98.0 Å². The molecule has 1 aromatic rings. The molecule has 0 fully saturated rings. The van der Waals surface area contributed by atoms with Crippen LogP contribution < -0.4 is 0 Å². The van der Waals surface area contributed by atoms with Crippen molar-refractivity contribution >= 4 is 34.8 Å². The van der Waals surface area contributed by atoms with Gasteiger partial charge < -0.3 is 0 Å². The summed E-state index contributed by atoms with van der Waals surface area (Å²) >= 11 is 17.4. The first-order valence-electron chi connectivity index (χ1n) is 4.08. The number of halogens is 4. The van der Waals surface area contributed by atoms with Crippen LogP contribution in [0.2, 0.25) is 15.1 Å². The smallest absolute Gasteiger partial charge is 0.147 e. The summed E-state index contributed by atoms with van der Waals surface area (Å²) in [6, 6.07) is 1.32. The van der Waals surface area contributed by atoms with E-state index in [-0.39, 0.29) is 15.1 Å². The van der Waals surface area contributed by atoms with E-state index < -0.39 is 11.2 Å². The van der Waals surface area contributed by atoms with Crippen molar-refractivity contribution < 1.29 is 4.39 Å². The molecular formula is C10H10Cl3F. The van der Waals surface area contributed by atoms with E-state index in [1.54, 1.807) is 0 Å². The van der Waals surface area contributed by atoms with Crippen LogP contribution >= 0.6 is 34.8 Å². The standard InChI is InChI=1S/C10H10Cl3F/c1-10(2,3)7-8(13)5(11)4-6(12)9(7)14/h4H,1-3H3. The molecule has 0 N–H and O–H groups in total. The molecule has 0 amide bonds. The summed E-state index contributed by atoms with van der Waals surface area (Å²) < 4.78 is 13.7. The fourth-order valence-corrected chi connectivity index (χ4v) is 2.12. The molecule has 0 spiro atoms. The predicted molar refractivity (Wildman–Crippen MR) is 60.1 cm³/mol. The zero-order valence-corrected chi connectivity index (χ0v) is 10.4. The number of benzene rings is 1. The van der Waals surface area contributed by atoms with Crippen LogP contribution in [0.1, 0.15) is 26.3 Å².